The predicted molar refractivity (Wildman–Crippen MR) is 94.1 cm³/mol. The maximum Gasteiger partial charge on any atom is 0.409 e. The molecule has 1 atom stereocenters. The average molecular weight is 322 g/mol. The van der Waals surface area contributed by atoms with Crippen LogP contribution < -0.4 is 5.32 Å². The monoisotopic (exact) mass is 322 g/mol. The fourth-order valence-electron chi connectivity index (χ4n) is 3.78. The molecule has 0 aromatic heterocycles. The van der Waals surface area contributed by atoms with Gasteiger partial charge in [-0.25, -0.2) is 4.79 Å². The molecule has 1 aliphatic heterocycles. The van der Waals surface area contributed by atoms with Crippen LogP contribution in [0, 0.1) is 0 Å². The number of fused-ring (bicyclic) bond motifs is 3. The standard InChI is InChI=1S/C20H22N2O2/c1-14-12-22(11-10-21-14)20(23)24-13-19-17-8-4-2-6-15(17)16-7-3-5-9-18(16)19/h2-9,14,19,21H,10-13H2,1H3/t14-/m1/s1. The summed E-state index contributed by atoms with van der Waals surface area (Å²) in [5.74, 6) is 0.127. The highest BCUT2D eigenvalue weighted by atomic mass is 16.6. The van der Waals surface area contributed by atoms with Crippen molar-refractivity contribution in [1.82, 2.24) is 10.2 Å². The van der Waals surface area contributed by atoms with Gasteiger partial charge in [-0.05, 0) is 29.2 Å². The van der Waals surface area contributed by atoms with Gasteiger partial charge in [-0.2, -0.15) is 0 Å². The second kappa shape index (κ2) is 6.29. The molecule has 0 radical (unpaired) electrons. The third-order valence-corrected chi connectivity index (χ3v) is 4.96. The zero-order valence-electron chi connectivity index (χ0n) is 13.9. The molecule has 1 fully saturated rings. The molecule has 4 nitrogen and oxygen atoms in total. The number of nitrogens with zero attached hydrogens (tertiary/aromatic N) is 1. The van der Waals surface area contributed by atoms with Crippen LogP contribution in [0.25, 0.3) is 11.1 Å². The van der Waals surface area contributed by atoms with Gasteiger partial charge in [0.25, 0.3) is 0 Å². The maximum absolute atomic E-state index is 12.4. The van der Waals surface area contributed by atoms with Crippen molar-refractivity contribution >= 4 is 6.09 Å². The van der Waals surface area contributed by atoms with E-state index in [9.17, 15) is 4.79 Å². The highest BCUT2D eigenvalue weighted by Crippen LogP contribution is 2.44. The molecule has 1 heterocycles. The van der Waals surface area contributed by atoms with E-state index in [0.717, 1.165) is 6.54 Å². The third-order valence-electron chi connectivity index (χ3n) is 4.96. The maximum atomic E-state index is 12.4. The summed E-state index contributed by atoms with van der Waals surface area (Å²) in [6.45, 7) is 4.72. The Hall–Kier alpha value is -2.33. The van der Waals surface area contributed by atoms with Crippen molar-refractivity contribution in [3.8, 4) is 11.1 Å². The van der Waals surface area contributed by atoms with Crippen molar-refractivity contribution in [2.45, 2.75) is 18.9 Å². The minimum absolute atomic E-state index is 0.127. The van der Waals surface area contributed by atoms with Crippen LogP contribution in [0.3, 0.4) is 0 Å². The summed E-state index contributed by atoms with van der Waals surface area (Å²) in [7, 11) is 0. The molecule has 24 heavy (non-hydrogen) atoms. The highest BCUT2D eigenvalue weighted by Gasteiger charge is 2.30. The molecule has 124 valence electrons. The van der Waals surface area contributed by atoms with Crippen molar-refractivity contribution in [3.63, 3.8) is 0 Å². The molecule has 2 aromatic carbocycles. The molecule has 0 unspecified atom stereocenters. The van der Waals surface area contributed by atoms with Crippen LogP contribution in [0.15, 0.2) is 48.5 Å². The van der Waals surface area contributed by atoms with Gasteiger partial charge in [0.15, 0.2) is 0 Å². The van der Waals surface area contributed by atoms with Gasteiger partial charge < -0.3 is 15.0 Å². The number of hydrogen-bond acceptors (Lipinski definition) is 3. The van der Waals surface area contributed by atoms with Crippen LogP contribution in [0.4, 0.5) is 4.79 Å². The Morgan fingerprint density at radius 2 is 1.75 bits per heavy atom. The molecule has 0 bridgehead atoms. The number of nitrogens with one attached hydrogen (secondary N) is 1. The number of hydrogen-bond donors (Lipinski definition) is 1. The summed E-state index contributed by atoms with van der Waals surface area (Å²) in [4.78, 5) is 14.2. The summed E-state index contributed by atoms with van der Waals surface area (Å²) in [6, 6.07) is 17.1. The number of benzene rings is 2. The lowest BCUT2D eigenvalue weighted by molar-refractivity contribution is 0.0896. The third kappa shape index (κ3) is 2.67. The van der Waals surface area contributed by atoms with E-state index in [1.54, 1.807) is 4.90 Å². The van der Waals surface area contributed by atoms with Crippen molar-refractivity contribution in [2.24, 2.45) is 0 Å². The number of amides is 1. The fourth-order valence-corrected chi connectivity index (χ4v) is 3.78. The quantitative estimate of drug-likeness (QED) is 0.923. The summed E-state index contributed by atoms with van der Waals surface area (Å²) in [5.41, 5.74) is 5.01. The van der Waals surface area contributed by atoms with E-state index in [2.05, 4.69) is 60.8 Å². The van der Waals surface area contributed by atoms with E-state index in [1.165, 1.54) is 22.3 Å². The summed E-state index contributed by atoms with van der Waals surface area (Å²) >= 11 is 0. The second-order valence-electron chi connectivity index (χ2n) is 6.61. The Balaban J connectivity index is 1.51. The van der Waals surface area contributed by atoms with Gasteiger partial charge in [0, 0.05) is 31.6 Å². The molecule has 4 rings (SSSR count). The van der Waals surface area contributed by atoms with Crippen LogP contribution in [0.1, 0.15) is 24.0 Å². The zero-order valence-corrected chi connectivity index (χ0v) is 13.9. The first kappa shape index (κ1) is 15.2. The van der Waals surface area contributed by atoms with Gasteiger partial charge in [-0.15, -0.1) is 0 Å². The topological polar surface area (TPSA) is 41.6 Å². The normalized spacial score (nSPS) is 19.7. The summed E-state index contributed by atoms with van der Waals surface area (Å²) < 4.78 is 5.69. The molecule has 4 heteroatoms. The van der Waals surface area contributed by atoms with Gasteiger partial charge in [-0.1, -0.05) is 48.5 Å². The lowest BCUT2D eigenvalue weighted by Gasteiger charge is -2.31. The second-order valence-corrected chi connectivity index (χ2v) is 6.61. The van der Waals surface area contributed by atoms with Gasteiger partial charge in [0.05, 0.1) is 0 Å². The van der Waals surface area contributed by atoms with Crippen molar-refractivity contribution in [3.05, 3.63) is 59.7 Å². The first-order chi connectivity index (χ1) is 11.7. The van der Waals surface area contributed by atoms with Crippen LogP contribution >= 0.6 is 0 Å². The zero-order chi connectivity index (χ0) is 16.5. The van der Waals surface area contributed by atoms with Crippen molar-refractivity contribution in [1.29, 1.82) is 0 Å². The van der Waals surface area contributed by atoms with E-state index in [1.807, 2.05) is 0 Å². The van der Waals surface area contributed by atoms with Crippen molar-refractivity contribution in [2.75, 3.05) is 26.2 Å². The van der Waals surface area contributed by atoms with E-state index < -0.39 is 0 Å². The molecule has 0 saturated carbocycles. The minimum atomic E-state index is -0.204. The average Bonchev–Trinajstić information content (AvgIpc) is 2.94. The molecule has 2 aliphatic rings. The SMILES string of the molecule is C[C@@H]1CN(C(=O)OCC2c3ccccc3-c3ccccc32)CCN1. The first-order valence-electron chi connectivity index (χ1n) is 8.57. The number of carbonyl (C=O) groups excluding carboxylic acids is 1. The summed E-state index contributed by atoms with van der Waals surface area (Å²) in [6.07, 6.45) is -0.204. The molecular weight excluding hydrogens is 300 g/mol. The Bertz CT molecular complexity index is 713. The van der Waals surface area contributed by atoms with E-state index >= 15 is 0 Å². The first-order valence-corrected chi connectivity index (χ1v) is 8.57. The molecular formula is C20H22N2O2. The molecule has 1 saturated heterocycles. The van der Waals surface area contributed by atoms with Gasteiger partial charge in [-0.3, -0.25) is 0 Å². The predicted octanol–water partition coefficient (Wildman–Crippen LogP) is 3.23. The largest absolute Gasteiger partial charge is 0.448 e. The Kier molecular flexibility index (Phi) is 3.98. The van der Waals surface area contributed by atoms with Gasteiger partial charge in [0.2, 0.25) is 0 Å². The number of carbonyl (C=O) groups is 1. The minimum Gasteiger partial charge on any atom is -0.448 e. The fraction of sp³-hybridized carbons (Fsp3) is 0.350. The molecule has 0 spiro atoms. The molecule has 2 aromatic rings. The van der Waals surface area contributed by atoms with Gasteiger partial charge in [0.1, 0.15) is 6.61 Å². The molecule has 1 N–H and O–H groups in total. The smallest absolute Gasteiger partial charge is 0.409 e. The van der Waals surface area contributed by atoms with Crippen LogP contribution in [-0.2, 0) is 4.74 Å². The molecule has 1 amide bonds. The highest BCUT2D eigenvalue weighted by molar-refractivity contribution is 5.79. The lowest BCUT2D eigenvalue weighted by atomic mass is 9.98. The van der Waals surface area contributed by atoms with Crippen LogP contribution in [-0.4, -0.2) is 43.3 Å². The Labute approximate surface area is 142 Å². The van der Waals surface area contributed by atoms with E-state index in [0.29, 0.717) is 25.7 Å². The van der Waals surface area contributed by atoms with Gasteiger partial charge >= 0.3 is 6.09 Å². The molecule has 1 aliphatic carbocycles. The summed E-state index contributed by atoms with van der Waals surface area (Å²) in [5, 5.41) is 3.34. The van der Waals surface area contributed by atoms with Crippen LogP contribution in [0.2, 0.25) is 0 Å². The van der Waals surface area contributed by atoms with Crippen molar-refractivity contribution < 1.29 is 9.53 Å². The lowest BCUT2D eigenvalue weighted by Crippen LogP contribution is -2.51. The Morgan fingerprint density at radius 1 is 1.12 bits per heavy atom. The van der Waals surface area contributed by atoms with E-state index in [-0.39, 0.29) is 12.0 Å². The number of rotatable bonds is 2. The Morgan fingerprint density at radius 3 is 2.38 bits per heavy atom. The number of ether oxygens (including phenoxy) is 1. The number of piperazine rings is 1. The van der Waals surface area contributed by atoms with E-state index in [4.69, 9.17) is 4.74 Å². The van der Waals surface area contributed by atoms with Crippen LogP contribution in [0.5, 0.6) is 0 Å².